The molecule has 104 valence electrons. The number of fused-ring (bicyclic) bond motifs is 1. The fraction of sp³-hybridized carbons (Fsp3) is 0.286. The molecule has 3 rings (SSSR count). The molecule has 0 aliphatic carbocycles. The Morgan fingerprint density at radius 1 is 1.35 bits per heavy atom. The molecular weight excluding hydrogens is 259 g/mol. The van der Waals surface area contributed by atoms with Crippen molar-refractivity contribution >= 4 is 11.6 Å². The van der Waals surface area contributed by atoms with Crippen molar-refractivity contribution in [3.05, 3.63) is 47.0 Å². The van der Waals surface area contributed by atoms with Gasteiger partial charge in [0.2, 0.25) is 0 Å². The lowest BCUT2D eigenvalue weighted by Gasteiger charge is -2.29. The largest absolute Gasteiger partial charge is 0.367 e. The molecule has 0 bridgehead atoms. The molecule has 0 atom stereocenters. The van der Waals surface area contributed by atoms with Gasteiger partial charge >= 0.3 is 0 Å². The highest BCUT2D eigenvalue weighted by molar-refractivity contribution is 5.92. The smallest absolute Gasteiger partial charge is 0.269 e. The Hall–Kier alpha value is -2.37. The van der Waals surface area contributed by atoms with E-state index in [9.17, 15) is 9.18 Å². The number of anilines is 1. The van der Waals surface area contributed by atoms with Gasteiger partial charge in [-0.2, -0.15) is 5.10 Å². The number of rotatable bonds is 2. The summed E-state index contributed by atoms with van der Waals surface area (Å²) < 4.78 is 14.7. The number of aromatic nitrogens is 2. The van der Waals surface area contributed by atoms with Crippen LogP contribution in [0.2, 0.25) is 0 Å². The molecule has 2 N–H and O–H groups in total. The van der Waals surface area contributed by atoms with E-state index in [-0.39, 0.29) is 5.82 Å². The summed E-state index contributed by atoms with van der Waals surface area (Å²) in [7, 11) is 1.82. The molecule has 1 amide bonds. The lowest BCUT2D eigenvalue weighted by Crippen LogP contribution is -2.31. The van der Waals surface area contributed by atoms with Crippen molar-refractivity contribution in [3.63, 3.8) is 0 Å². The maximum absolute atomic E-state index is 13.0. The Kier molecular flexibility index (Phi) is 2.93. The van der Waals surface area contributed by atoms with Gasteiger partial charge in [0.25, 0.3) is 5.91 Å². The van der Waals surface area contributed by atoms with Crippen molar-refractivity contribution < 1.29 is 9.18 Å². The molecule has 5 nitrogen and oxygen atoms in total. The van der Waals surface area contributed by atoms with Crippen LogP contribution < -0.4 is 10.6 Å². The molecule has 2 aromatic rings. The average Bonchev–Trinajstić information content (AvgIpc) is 2.77. The first-order valence-corrected chi connectivity index (χ1v) is 6.41. The van der Waals surface area contributed by atoms with E-state index in [1.54, 1.807) is 16.8 Å². The molecule has 20 heavy (non-hydrogen) atoms. The van der Waals surface area contributed by atoms with Crippen molar-refractivity contribution in [3.8, 4) is 0 Å². The first kappa shape index (κ1) is 12.7. The van der Waals surface area contributed by atoms with E-state index in [1.807, 2.05) is 7.05 Å². The Labute approximate surface area is 115 Å². The molecule has 2 heterocycles. The van der Waals surface area contributed by atoms with Crippen LogP contribution in [0, 0.1) is 5.82 Å². The van der Waals surface area contributed by atoms with E-state index in [0.29, 0.717) is 12.2 Å². The van der Waals surface area contributed by atoms with Crippen molar-refractivity contribution in [1.82, 2.24) is 9.78 Å². The van der Waals surface area contributed by atoms with Crippen LogP contribution in [0.1, 0.15) is 21.7 Å². The normalized spacial score (nSPS) is 14.2. The van der Waals surface area contributed by atoms with E-state index in [4.69, 9.17) is 5.73 Å². The predicted octanol–water partition coefficient (Wildman–Crippen LogP) is 1.22. The Morgan fingerprint density at radius 2 is 2.05 bits per heavy atom. The Morgan fingerprint density at radius 3 is 2.70 bits per heavy atom. The van der Waals surface area contributed by atoms with Crippen LogP contribution in [0.3, 0.4) is 0 Å². The number of hydrogen-bond donors (Lipinski definition) is 1. The molecule has 1 aromatic heterocycles. The predicted molar refractivity (Wildman–Crippen MR) is 72.9 cm³/mol. The molecular formula is C14H15FN4O. The first-order chi connectivity index (χ1) is 9.56. The standard InChI is InChI=1S/C14H15FN4O/c1-18-12-6-7-19(10-4-2-9(15)3-5-10)8-11(12)13(17-18)14(16)20/h2-5H,6-8H2,1H3,(H2,16,20). The lowest BCUT2D eigenvalue weighted by molar-refractivity contribution is 0.0994. The molecule has 0 unspecified atom stereocenters. The van der Waals surface area contributed by atoms with Gasteiger partial charge in [-0.3, -0.25) is 9.48 Å². The quantitative estimate of drug-likeness (QED) is 0.895. The third-order valence-corrected chi connectivity index (χ3v) is 3.67. The van der Waals surface area contributed by atoms with Crippen LogP contribution >= 0.6 is 0 Å². The van der Waals surface area contributed by atoms with Crippen molar-refractivity contribution in [2.45, 2.75) is 13.0 Å². The van der Waals surface area contributed by atoms with E-state index in [1.165, 1.54) is 12.1 Å². The average molecular weight is 274 g/mol. The summed E-state index contributed by atoms with van der Waals surface area (Å²) in [4.78, 5) is 13.5. The van der Waals surface area contributed by atoms with E-state index in [2.05, 4.69) is 10.00 Å². The van der Waals surface area contributed by atoms with Crippen molar-refractivity contribution in [2.75, 3.05) is 11.4 Å². The highest BCUT2D eigenvalue weighted by atomic mass is 19.1. The molecule has 0 radical (unpaired) electrons. The summed E-state index contributed by atoms with van der Waals surface area (Å²) in [6.45, 7) is 1.36. The number of halogens is 1. The number of carbonyl (C=O) groups excluding carboxylic acids is 1. The monoisotopic (exact) mass is 274 g/mol. The number of aryl methyl sites for hydroxylation is 1. The number of primary amides is 1. The lowest BCUT2D eigenvalue weighted by atomic mass is 10.0. The Balaban J connectivity index is 1.95. The second-order valence-corrected chi connectivity index (χ2v) is 4.91. The van der Waals surface area contributed by atoms with Crippen molar-refractivity contribution in [2.24, 2.45) is 12.8 Å². The van der Waals surface area contributed by atoms with Crippen LogP contribution in [0.4, 0.5) is 10.1 Å². The second-order valence-electron chi connectivity index (χ2n) is 4.91. The number of nitrogens with zero attached hydrogens (tertiary/aromatic N) is 3. The third-order valence-electron chi connectivity index (χ3n) is 3.67. The molecule has 0 fully saturated rings. The van der Waals surface area contributed by atoms with Crippen LogP contribution in [-0.2, 0) is 20.0 Å². The maximum atomic E-state index is 13.0. The maximum Gasteiger partial charge on any atom is 0.269 e. The molecule has 0 saturated heterocycles. The number of nitrogens with two attached hydrogens (primary N) is 1. The summed E-state index contributed by atoms with van der Waals surface area (Å²) >= 11 is 0. The molecule has 6 heteroatoms. The van der Waals surface area contributed by atoms with Gasteiger partial charge in [0.15, 0.2) is 5.69 Å². The number of hydrogen-bond acceptors (Lipinski definition) is 3. The fourth-order valence-corrected chi connectivity index (χ4v) is 2.66. The number of amides is 1. The minimum absolute atomic E-state index is 0.259. The van der Waals surface area contributed by atoms with Gasteiger partial charge in [-0.25, -0.2) is 4.39 Å². The Bertz CT molecular complexity index is 663. The summed E-state index contributed by atoms with van der Waals surface area (Å²) in [5.41, 5.74) is 8.54. The van der Waals surface area contributed by atoms with Gasteiger partial charge in [-0.1, -0.05) is 0 Å². The van der Waals surface area contributed by atoms with Crippen LogP contribution in [0.5, 0.6) is 0 Å². The number of benzene rings is 1. The molecule has 0 spiro atoms. The zero-order valence-corrected chi connectivity index (χ0v) is 11.1. The fourth-order valence-electron chi connectivity index (χ4n) is 2.66. The zero-order valence-electron chi connectivity index (χ0n) is 11.1. The van der Waals surface area contributed by atoms with E-state index >= 15 is 0 Å². The minimum Gasteiger partial charge on any atom is -0.367 e. The van der Waals surface area contributed by atoms with Crippen LogP contribution in [0.25, 0.3) is 0 Å². The van der Waals surface area contributed by atoms with Gasteiger partial charge < -0.3 is 10.6 Å². The summed E-state index contributed by atoms with van der Waals surface area (Å²) in [5.74, 6) is -0.770. The number of carbonyl (C=O) groups is 1. The minimum atomic E-state index is -0.511. The molecule has 0 saturated carbocycles. The van der Waals surface area contributed by atoms with Gasteiger partial charge in [0, 0.05) is 43.5 Å². The first-order valence-electron chi connectivity index (χ1n) is 6.41. The van der Waals surface area contributed by atoms with Crippen LogP contribution in [0.15, 0.2) is 24.3 Å². The van der Waals surface area contributed by atoms with Crippen molar-refractivity contribution in [1.29, 1.82) is 0 Å². The molecule has 1 aromatic carbocycles. The van der Waals surface area contributed by atoms with E-state index in [0.717, 1.165) is 29.9 Å². The van der Waals surface area contributed by atoms with Gasteiger partial charge in [-0.15, -0.1) is 0 Å². The summed E-state index contributed by atoms with van der Waals surface area (Å²) in [6.07, 6.45) is 0.781. The summed E-state index contributed by atoms with van der Waals surface area (Å²) in [6, 6.07) is 6.34. The highest BCUT2D eigenvalue weighted by Gasteiger charge is 2.26. The van der Waals surface area contributed by atoms with Crippen LogP contribution in [-0.4, -0.2) is 22.2 Å². The zero-order chi connectivity index (χ0) is 14.3. The highest BCUT2D eigenvalue weighted by Crippen LogP contribution is 2.26. The van der Waals surface area contributed by atoms with Gasteiger partial charge in [0.05, 0.1) is 0 Å². The molecule has 1 aliphatic heterocycles. The van der Waals surface area contributed by atoms with E-state index < -0.39 is 5.91 Å². The second kappa shape index (κ2) is 4.63. The SMILES string of the molecule is Cn1nc(C(N)=O)c2c1CCN(c1ccc(F)cc1)C2. The summed E-state index contributed by atoms with van der Waals surface area (Å²) in [5, 5.41) is 4.19. The van der Waals surface area contributed by atoms with Gasteiger partial charge in [-0.05, 0) is 24.3 Å². The third kappa shape index (κ3) is 2.03. The van der Waals surface area contributed by atoms with Gasteiger partial charge in [0.1, 0.15) is 5.82 Å². The topological polar surface area (TPSA) is 64.2 Å². The molecule has 1 aliphatic rings.